The van der Waals surface area contributed by atoms with Crippen LogP contribution in [0.4, 0.5) is 0 Å². The Kier molecular flexibility index (Phi) is 2.14. The summed E-state index contributed by atoms with van der Waals surface area (Å²) in [6, 6.07) is 1.90. The molecule has 0 aliphatic heterocycles. The SMILES string of the molecule is NCc1ccoc1Cn1ccnc1. The largest absolute Gasteiger partial charge is 0.467 e. The molecule has 13 heavy (non-hydrogen) atoms. The summed E-state index contributed by atoms with van der Waals surface area (Å²) in [6.45, 7) is 1.21. The fourth-order valence-corrected chi connectivity index (χ4v) is 1.23. The molecule has 0 aliphatic rings. The number of imidazole rings is 1. The van der Waals surface area contributed by atoms with E-state index in [1.165, 1.54) is 0 Å². The zero-order valence-electron chi connectivity index (χ0n) is 7.18. The Morgan fingerprint density at radius 1 is 1.54 bits per heavy atom. The number of nitrogens with zero attached hydrogens (tertiary/aromatic N) is 2. The highest BCUT2D eigenvalue weighted by molar-refractivity contribution is 5.16. The fourth-order valence-electron chi connectivity index (χ4n) is 1.23. The number of nitrogens with two attached hydrogens (primary N) is 1. The quantitative estimate of drug-likeness (QED) is 0.760. The first-order valence-corrected chi connectivity index (χ1v) is 4.11. The van der Waals surface area contributed by atoms with Gasteiger partial charge in [-0.25, -0.2) is 4.98 Å². The van der Waals surface area contributed by atoms with Crippen LogP contribution in [0.15, 0.2) is 35.5 Å². The Morgan fingerprint density at radius 3 is 3.15 bits per heavy atom. The Labute approximate surface area is 76.0 Å². The first kappa shape index (κ1) is 8.07. The normalized spacial score (nSPS) is 10.5. The van der Waals surface area contributed by atoms with E-state index in [-0.39, 0.29) is 0 Å². The minimum atomic E-state index is 0.514. The van der Waals surface area contributed by atoms with Crippen LogP contribution in [-0.2, 0) is 13.1 Å². The van der Waals surface area contributed by atoms with E-state index in [1.807, 2.05) is 16.8 Å². The van der Waals surface area contributed by atoms with Gasteiger partial charge in [0.05, 0.1) is 19.1 Å². The van der Waals surface area contributed by atoms with Crippen LogP contribution in [0.2, 0.25) is 0 Å². The summed E-state index contributed by atoms with van der Waals surface area (Å²) in [4.78, 5) is 3.95. The van der Waals surface area contributed by atoms with Gasteiger partial charge in [-0.3, -0.25) is 0 Å². The van der Waals surface area contributed by atoms with Crippen molar-refractivity contribution in [3.63, 3.8) is 0 Å². The van der Waals surface area contributed by atoms with Gasteiger partial charge in [-0.05, 0) is 6.07 Å². The number of furan rings is 1. The van der Waals surface area contributed by atoms with Crippen LogP contribution < -0.4 is 5.73 Å². The summed E-state index contributed by atoms with van der Waals surface area (Å²) in [5.41, 5.74) is 6.59. The van der Waals surface area contributed by atoms with Gasteiger partial charge in [0.2, 0.25) is 0 Å². The monoisotopic (exact) mass is 177 g/mol. The lowest BCUT2D eigenvalue weighted by Crippen LogP contribution is -2.02. The van der Waals surface area contributed by atoms with E-state index in [0.717, 1.165) is 11.3 Å². The van der Waals surface area contributed by atoms with Gasteiger partial charge in [-0.15, -0.1) is 0 Å². The molecule has 68 valence electrons. The summed E-state index contributed by atoms with van der Waals surface area (Å²) in [6.07, 6.45) is 7.05. The number of aromatic nitrogens is 2. The molecular formula is C9H11N3O. The van der Waals surface area contributed by atoms with E-state index in [4.69, 9.17) is 10.2 Å². The summed E-state index contributed by atoms with van der Waals surface area (Å²) in [5.74, 6) is 0.903. The Balaban J connectivity index is 2.18. The van der Waals surface area contributed by atoms with Crippen LogP contribution in [0.5, 0.6) is 0 Å². The van der Waals surface area contributed by atoms with Gasteiger partial charge >= 0.3 is 0 Å². The molecule has 0 radical (unpaired) electrons. The molecule has 2 aromatic rings. The van der Waals surface area contributed by atoms with E-state index in [1.54, 1.807) is 18.8 Å². The Hall–Kier alpha value is -1.55. The second kappa shape index (κ2) is 3.45. The van der Waals surface area contributed by atoms with Crippen molar-refractivity contribution in [2.24, 2.45) is 5.73 Å². The third kappa shape index (κ3) is 1.62. The highest BCUT2D eigenvalue weighted by Crippen LogP contribution is 2.10. The van der Waals surface area contributed by atoms with Crippen molar-refractivity contribution in [2.45, 2.75) is 13.1 Å². The molecule has 2 aromatic heterocycles. The zero-order chi connectivity index (χ0) is 9.10. The average molecular weight is 177 g/mol. The maximum absolute atomic E-state index is 5.54. The molecule has 2 rings (SSSR count). The lowest BCUT2D eigenvalue weighted by Gasteiger charge is -2.00. The lowest BCUT2D eigenvalue weighted by atomic mass is 10.2. The van der Waals surface area contributed by atoms with Crippen molar-refractivity contribution in [1.29, 1.82) is 0 Å². The third-order valence-corrected chi connectivity index (χ3v) is 1.94. The third-order valence-electron chi connectivity index (χ3n) is 1.94. The average Bonchev–Trinajstić information content (AvgIpc) is 2.76. The Morgan fingerprint density at radius 2 is 2.46 bits per heavy atom. The summed E-state index contributed by atoms with van der Waals surface area (Å²) >= 11 is 0. The second-order valence-electron chi connectivity index (χ2n) is 2.81. The van der Waals surface area contributed by atoms with Gasteiger partial charge in [0.15, 0.2) is 0 Å². The van der Waals surface area contributed by atoms with E-state index in [0.29, 0.717) is 13.1 Å². The van der Waals surface area contributed by atoms with E-state index < -0.39 is 0 Å². The van der Waals surface area contributed by atoms with E-state index in [9.17, 15) is 0 Å². The predicted molar refractivity (Wildman–Crippen MR) is 47.9 cm³/mol. The van der Waals surface area contributed by atoms with Crippen LogP contribution in [0.3, 0.4) is 0 Å². The Bertz CT molecular complexity index is 364. The van der Waals surface area contributed by atoms with Gasteiger partial charge in [-0.2, -0.15) is 0 Å². The smallest absolute Gasteiger partial charge is 0.127 e. The lowest BCUT2D eigenvalue weighted by molar-refractivity contribution is 0.488. The van der Waals surface area contributed by atoms with Gasteiger partial charge in [-0.1, -0.05) is 0 Å². The first-order chi connectivity index (χ1) is 6.40. The molecule has 2 N–H and O–H groups in total. The number of hydrogen-bond donors (Lipinski definition) is 1. The minimum Gasteiger partial charge on any atom is -0.467 e. The molecule has 0 aliphatic carbocycles. The van der Waals surface area contributed by atoms with Crippen molar-refractivity contribution in [3.05, 3.63) is 42.4 Å². The molecule has 0 unspecified atom stereocenters. The summed E-state index contributed by atoms with van der Waals surface area (Å²) in [7, 11) is 0. The van der Waals surface area contributed by atoms with Gasteiger partial charge in [0, 0.05) is 24.5 Å². The predicted octanol–water partition coefficient (Wildman–Crippen LogP) is 0.983. The number of rotatable bonds is 3. The molecule has 0 bridgehead atoms. The minimum absolute atomic E-state index is 0.514. The van der Waals surface area contributed by atoms with Gasteiger partial charge in [0.25, 0.3) is 0 Å². The summed E-state index contributed by atoms with van der Waals surface area (Å²) in [5, 5.41) is 0. The molecular weight excluding hydrogens is 166 g/mol. The highest BCUT2D eigenvalue weighted by atomic mass is 16.3. The topological polar surface area (TPSA) is 57.0 Å². The van der Waals surface area contributed by atoms with Crippen LogP contribution in [0.25, 0.3) is 0 Å². The zero-order valence-corrected chi connectivity index (χ0v) is 7.18. The van der Waals surface area contributed by atoms with Crippen LogP contribution in [0, 0.1) is 0 Å². The van der Waals surface area contributed by atoms with Crippen molar-refractivity contribution < 1.29 is 4.42 Å². The highest BCUT2D eigenvalue weighted by Gasteiger charge is 2.04. The summed E-state index contributed by atoms with van der Waals surface area (Å²) < 4.78 is 7.24. The van der Waals surface area contributed by atoms with Crippen molar-refractivity contribution in [1.82, 2.24) is 9.55 Å². The molecule has 0 saturated heterocycles. The fraction of sp³-hybridized carbons (Fsp3) is 0.222. The van der Waals surface area contributed by atoms with E-state index in [2.05, 4.69) is 4.98 Å². The van der Waals surface area contributed by atoms with Crippen LogP contribution in [0.1, 0.15) is 11.3 Å². The standard InChI is InChI=1S/C9H11N3O/c10-5-8-1-4-13-9(8)6-12-3-2-11-7-12/h1-4,7H,5-6,10H2. The maximum atomic E-state index is 5.54. The molecule has 0 atom stereocenters. The van der Waals surface area contributed by atoms with Crippen LogP contribution >= 0.6 is 0 Å². The molecule has 2 heterocycles. The molecule has 0 aromatic carbocycles. The second-order valence-corrected chi connectivity index (χ2v) is 2.81. The molecule has 0 saturated carbocycles. The maximum Gasteiger partial charge on any atom is 0.127 e. The van der Waals surface area contributed by atoms with Crippen molar-refractivity contribution in [2.75, 3.05) is 0 Å². The van der Waals surface area contributed by atoms with Gasteiger partial charge < -0.3 is 14.7 Å². The molecule has 0 spiro atoms. The molecule has 4 heteroatoms. The van der Waals surface area contributed by atoms with Gasteiger partial charge in [0.1, 0.15) is 5.76 Å². The molecule has 4 nitrogen and oxygen atoms in total. The van der Waals surface area contributed by atoms with E-state index >= 15 is 0 Å². The molecule has 0 amide bonds. The van der Waals surface area contributed by atoms with Crippen molar-refractivity contribution >= 4 is 0 Å². The first-order valence-electron chi connectivity index (χ1n) is 4.11. The number of hydrogen-bond acceptors (Lipinski definition) is 3. The molecule has 0 fully saturated rings. The van der Waals surface area contributed by atoms with Crippen molar-refractivity contribution in [3.8, 4) is 0 Å². The van der Waals surface area contributed by atoms with Crippen LogP contribution in [-0.4, -0.2) is 9.55 Å².